The summed E-state index contributed by atoms with van der Waals surface area (Å²) in [5.41, 5.74) is 0.912. The molecule has 0 bridgehead atoms. The van der Waals surface area contributed by atoms with Gasteiger partial charge < -0.3 is 20.1 Å². The van der Waals surface area contributed by atoms with Crippen LogP contribution in [0.1, 0.15) is 43.7 Å². The van der Waals surface area contributed by atoms with E-state index in [-0.39, 0.29) is 23.5 Å². The molecule has 0 radical (unpaired) electrons. The lowest BCUT2D eigenvalue weighted by atomic mass is 9.81. The molecule has 0 saturated carbocycles. The molecular formula is C19H26N2O3. The van der Waals surface area contributed by atoms with Crippen LogP contribution in [0.2, 0.25) is 0 Å². The lowest BCUT2D eigenvalue weighted by molar-refractivity contribution is -0.127. The zero-order chi connectivity index (χ0) is 16.4. The summed E-state index contributed by atoms with van der Waals surface area (Å²) in [5.74, 6) is 1.24. The number of fused-ring (bicyclic) bond motifs is 1. The van der Waals surface area contributed by atoms with Crippen LogP contribution in [0, 0.1) is 5.92 Å². The number of para-hydroxylation sites is 1. The van der Waals surface area contributed by atoms with Crippen molar-refractivity contribution in [2.75, 3.05) is 26.3 Å². The zero-order valence-electron chi connectivity index (χ0n) is 14.1. The molecule has 1 amide bonds. The lowest BCUT2D eigenvalue weighted by Gasteiger charge is -2.44. The second-order valence-electron chi connectivity index (χ2n) is 7.22. The summed E-state index contributed by atoms with van der Waals surface area (Å²) in [4.78, 5) is 12.7. The maximum Gasteiger partial charge on any atom is 0.223 e. The third-order valence-electron chi connectivity index (χ3n) is 5.63. The van der Waals surface area contributed by atoms with Gasteiger partial charge in [0, 0.05) is 30.7 Å². The smallest absolute Gasteiger partial charge is 0.223 e. The molecule has 130 valence electrons. The Morgan fingerprint density at radius 3 is 2.71 bits per heavy atom. The van der Waals surface area contributed by atoms with Gasteiger partial charge in [-0.2, -0.15) is 0 Å². The van der Waals surface area contributed by atoms with E-state index in [1.54, 1.807) is 0 Å². The third kappa shape index (κ3) is 3.15. The van der Waals surface area contributed by atoms with Gasteiger partial charge >= 0.3 is 0 Å². The van der Waals surface area contributed by atoms with Crippen molar-refractivity contribution >= 4 is 5.91 Å². The minimum absolute atomic E-state index is 0.0374. The van der Waals surface area contributed by atoms with E-state index in [0.29, 0.717) is 0 Å². The summed E-state index contributed by atoms with van der Waals surface area (Å²) >= 11 is 0. The summed E-state index contributed by atoms with van der Waals surface area (Å²) in [6.07, 6.45) is 4.47. The number of piperidine rings is 1. The third-order valence-corrected chi connectivity index (χ3v) is 5.63. The van der Waals surface area contributed by atoms with Crippen LogP contribution < -0.4 is 15.4 Å². The molecule has 3 aliphatic rings. The van der Waals surface area contributed by atoms with Crippen molar-refractivity contribution in [1.29, 1.82) is 0 Å². The average Bonchev–Trinajstić information content (AvgIpc) is 2.63. The molecule has 1 spiro atoms. The first-order valence-electron chi connectivity index (χ1n) is 9.13. The van der Waals surface area contributed by atoms with Gasteiger partial charge in [0.25, 0.3) is 0 Å². The monoisotopic (exact) mass is 330 g/mol. The molecule has 2 saturated heterocycles. The molecule has 3 heterocycles. The zero-order valence-corrected chi connectivity index (χ0v) is 14.1. The van der Waals surface area contributed by atoms with Crippen molar-refractivity contribution in [3.63, 3.8) is 0 Å². The molecule has 0 unspecified atom stereocenters. The quantitative estimate of drug-likeness (QED) is 0.872. The molecule has 4 rings (SSSR count). The second-order valence-corrected chi connectivity index (χ2v) is 7.22. The van der Waals surface area contributed by atoms with E-state index >= 15 is 0 Å². The van der Waals surface area contributed by atoms with Crippen LogP contribution in [0.4, 0.5) is 0 Å². The first-order valence-corrected chi connectivity index (χ1v) is 9.13. The fourth-order valence-electron chi connectivity index (χ4n) is 4.17. The normalized spacial score (nSPS) is 26.4. The van der Waals surface area contributed by atoms with Crippen LogP contribution in [0.15, 0.2) is 24.3 Å². The van der Waals surface area contributed by atoms with Crippen LogP contribution >= 0.6 is 0 Å². The van der Waals surface area contributed by atoms with E-state index < -0.39 is 0 Å². The molecule has 2 fully saturated rings. The van der Waals surface area contributed by atoms with Gasteiger partial charge in [0.05, 0.1) is 19.3 Å². The molecule has 5 heteroatoms. The molecule has 1 aromatic carbocycles. The first-order chi connectivity index (χ1) is 11.8. The molecule has 5 nitrogen and oxygen atoms in total. The van der Waals surface area contributed by atoms with Crippen molar-refractivity contribution in [1.82, 2.24) is 10.6 Å². The molecule has 3 aliphatic heterocycles. The van der Waals surface area contributed by atoms with Crippen LogP contribution in [-0.2, 0) is 9.53 Å². The van der Waals surface area contributed by atoms with Gasteiger partial charge in [0.2, 0.25) is 5.91 Å². The van der Waals surface area contributed by atoms with Crippen LogP contribution in [0.5, 0.6) is 5.75 Å². The first kappa shape index (κ1) is 15.9. The Bertz CT molecular complexity index is 592. The van der Waals surface area contributed by atoms with Gasteiger partial charge in [0.15, 0.2) is 0 Å². The Morgan fingerprint density at radius 1 is 1.17 bits per heavy atom. The molecule has 24 heavy (non-hydrogen) atoms. The van der Waals surface area contributed by atoms with E-state index in [0.717, 1.165) is 69.7 Å². The maximum atomic E-state index is 12.7. The minimum Gasteiger partial charge on any atom is -0.487 e. The highest BCUT2D eigenvalue weighted by Gasteiger charge is 2.43. The Morgan fingerprint density at radius 2 is 1.92 bits per heavy atom. The number of benzene rings is 1. The van der Waals surface area contributed by atoms with E-state index in [2.05, 4.69) is 16.7 Å². The number of ether oxygens (including phenoxy) is 2. The molecule has 1 aromatic rings. The average molecular weight is 330 g/mol. The maximum absolute atomic E-state index is 12.7. The summed E-state index contributed by atoms with van der Waals surface area (Å²) in [7, 11) is 0. The molecule has 0 aliphatic carbocycles. The molecular weight excluding hydrogens is 304 g/mol. The van der Waals surface area contributed by atoms with Crippen molar-refractivity contribution < 1.29 is 14.3 Å². The van der Waals surface area contributed by atoms with E-state index in [1.807, 2.05) is 18.2 Å². The molecule has 2 N–H and O–H groups in total. The summed E-state index contributed by atoms with van der Waals surface area (Å²) in [6.45, 7) is 3.34. The Hall–Kier alpha value is -1.59. The lowest BCUT2D eigenvalue weighted by Crippen LogP contribution is -2.49. The number of carbonyl (C=O) groups is 1. The SMILES string of the molecule is O=C(N[C@H]1CC2(CCOCC2)Oc2ccccc21)C1CCNCC1. The number of amides is 1. The standard InChI is InChI=1S/C19H26N2O3/c22-18(14-5-9-20-10-6-14)21-16-13-19(7-11-23-12-8-19)24-17-4-2-1-3-15(16)17/h1-4,14,16,20H,5-13H2,(H,21,22)/t16-/m0/s1. The molecule has 1 atom stereocenters. The van der Waals surface area contributed by atoms with Gasteiger partial charge in [-0.1, -0.05) is 18.2 Å². The minimum atomic E-state index is -0.196. The van der Waals surface area contributed by atoms with Crippen molar-refractivity contribution in [3.8, 4) is 5.75 Å². The van der Waals surface area contributed by atoms with E-state index in [1.165, 1.54) is 0 Å². The number of nitrogens with one attached hydrogen (secondary N) is 2. The number of hydrogen-bond acceptors (Lipinski definition) is 4. The fraction of sp³-hybridized carbons (Fsp3) is 0.632. The Labute approximate surface area is 143 Å². The number of hydrogen-bond donors (Lipinski definition) is 2. The van der Waals surface area contributed by atoms with Gasteiger partial charge in [-0.15, -0.1) is 0 Å². The summed E-state index contributed by atoms with van der Waals surface area (Å²) < 4.78 is 11.9. The Kier molecular flexibility index (Phi) is 4.46. The van der Waals surface area contributed by atoms with Gasteiger partial charge in [-0.25, -0.2) is 0 Å². The van der Waals surface area contributed by atoms with Crippen LogP contribution in [-0.4, -0.2) is 37.8 Å². The number of rotatable bonds is 2. The highest BCUT2D eigenvalue weighted by atomic mass is 16.5. The van der Waals surface area contributed by atoms with Crippen molar-refractivity contribution in [2.24, 2.45) is 5.92 Å². The Balaban J connectivity index is 1.55. The van der Waals surface area contributed by atoms with Gasteiger partial charge in [-0.3, -0.25) is 4.79 Å². The predicted molar refractivity (Wildman–Crippen MR) is 90.9 cm³/mol. The van der Waals surface area contributed by atoms with Gasteiger partial charge in [-0.05, 0) is 32.0 Å². The van der Waals surface area contributed by atoms with Gasteiger partial charge in [0.1, 0.15) is 11.4 Å². The largest absolute Gasteiger partial charge is 0.487 e. The van der Waals surface area contributed by atoms with E-state index in [9.17, 15) is 4.79 Å². The number of carbonyl (C=O) groups excluding carboxylic acids is 1. The summed E-state index contributed by atoms with van der Waals surface area (Å²) in [5, 5.41) is 6.65. The van der Waals surface area contributed by atoms with E-state index in [4.69, 9.17) is 9.47 Å². The van der Waals surface area contributed by atoms with Crippen LogP contribution in [0.3, 0.4) is 0 Å². The second kappa shape index (κ2) is 6.73. The fourth-order valence-corrected chi connectivity index (χ4v) is 4.17. The highest BCUT2D eigenvalue weighted by Crippen LogP contribution is 2.44. The summed E-state index contributed by atoms with van der Waals surface area (Å²) in [6, 6.07) is 8.16. The topological polar surface area (TPSA) is 59.6 Å². The predicted octanol–water partition coefficient (Wildman–Crippen LogP) is 2.18. The van der Waals surface area contributed by atoms with Crippen molar-refractivity contribution in [3.05, 3.63) is 29.8 Å². The molecule has 0 aromatic heterocycles. The van der Waals surface area contributed by atoms with Crippen molar-refractivity contribution in [2.45, 2.75) is 43.7 Å². The highest BCUT2D eigenvalue weighted by molar-refractivity contribution is 5.79. The van der Waals surface area contributed by atoms with Crippen LogP contribution in [0.25, 0.3) is 0 Å².